The number of carbonyl (C=O) groups excluding carboxylic acids is 2. The van der Waals surface area contributed by atoms with Crippen LogP contribution in [0.1, 0.15) is 28.9 Å². The number of carboxylic acids is 1. The zero-order valence-electron chi connectivity index (χ0n) is 15.9. The molecule has 1 amide bonds. The Labute approximate surface area is 168 Å². The number of halogens is 3. The van der Waals surface area contributed by atoms with E-state index in [-0.39, 0.29) is 11.4 Å². The number of hydrogen-bond donors (Lipinski definition) is 2. The van der Waals surface area contributed by atoms with Crippen molar-refractivity contribution >= 4 is 23.5 Å². The molecule has 9 nitrogen and oxygen atoms in total. The van der Waals surface area contributed by atoms with Gasteiger partial charge in [0, 0.05) is 24.8 Å². The van der Waals surface area contributed by atoms with Gasteiger partial charge in [-0.3, -0.25) is 14.1 Å². The quantitative estimate of drug-likeness (QED) is 0.707. The summed E-state index contributed by atoms with van der Waals surface area (Å²) in [5.41, 5.74) is 2.11. The number of piperazine rings is 1. The summed E-state index contributed by atoms with van der Waals surface area (Å²) < 4.78 is 38.2. The van der Waals surface area contributed by atoms with E-state index >= 15 is 0 Å². The van der Waals surface area contributed by atoms with Gasteiger partial charge in [0.15, 0.2) is 5.69 Å². The highest BCUT2D eigenvalue weighted by Crippen LogP contribution is 2.38. The SMILES string of the molecule is COC(=O)c1cnc2c(CN3CC(=O)NC4(CC4)C3)cccn12.O=C(O)C(F)(F)F. The van der Waals surface area contributed by atoms with Gasteiger partial charge in [0.2, 0.25) is 5.91 Å². The minimum atomic E-state index is -5.08. The number of fused-ring (bicyclic) bond motifs is 1. The van der Waals surface area contributed by atoms with Crippen molar-refractivity contribution in [2.45, 2.75) is 31.1 Å². The fourth-order valence-corrected chi connectivity index (χ4v) is 3.30. The molecule has 0 bridgehead atoms. The average molecular weight is 428 g/mol. The molecule has 30 heavy (non-hydrogen) atoms. The maximum Gasteiger partial charge on any atom is 0.490 e. The highest BCUT2D eigenvalue weighted by molar-refractivity contribution is 5.88. The number of imidazole rings is 1. The molecule has 162 valence electrons. The summed E-state index contributed by atoms with van der Waals surface area (Å²) in [6.45, 7) is 1.90. The molecule has 2 N–H and O–H groups in total. The van der Waals surface area contributed by atoms with Crippen molar-refractivity contribution in [2.75, 3.05) is 20.2 Å². The van der Waals surface area contributed by atoms with Gasteiger partial charge in [0.1, 0.15) is 5.65 Å². The van der Waals surface area contributed by atoms with Crippen LogP contribution >= 0.6 is 0 Å². The molecule has 1 saturated carbocycles. The van der Waals surface area contributed by atoms with Gasteiger partial charge in [0.25, 0.3) is 0 Å². The summed E-state index contributed by atoms with van der Waals surface area (Å²) in [5, 5.41) is 10.2. The Bertz CT molecular complexity index is 984. The number of ether oxygens (including phenoxy) is 1. The van der Waals surface area contributed by atoms with Gasteiger partial charge in [-0.25, -0.2) is 14.6 Å². The Balaban J connectivity index is 0.000000318. The van der Waals surface area contributed by atoms with Gasteiger partial charge in [-0.15, -0.1) is 0 Å². The number of esters is 1. The first-order chi connectivity index (χ1) is 14.0. The highest BCUT2D eigenvalue weighted by atomic mass is 19.4. The second-order valence-corrected chi connectivity index (χ2v) is 7.14. The van der Waals surface area contributed by atoms with E-state index in [0.29, 0.717) is 18.8 Å². The van der Waals surface area contributed by atoms with Gasteiger partial charge in [-0.2, -0.15) is 13.2 Å². The first kappa shape index (κ1) is 21.6. The van der Waals surface area contributed by atoms with Crippen LogP contribution in [-0.4, -0.2) is 69.2 Å². The lowest BCUT2D eigenvalue weighted by Gasteiger charge is -2.33. The van der Waals surface area contributed by atoms with E-state index in [1.165, 1.54) is 13.3 Å². The number of amides is 1. The van der Waals surface area contributed by atoms with E-state index in [4.69, 9.17) is 14.6 Å². The van der Waals surface area contributed by atoms with Crippen molar-refractivity contribution in [3.63, 3.8) is 0 Å². The molecule has 3 heterocycles. The van der Waals surface area contributed by atoms with Gasteiger partial charge in [-0.1, -0.05) is 6.07 Å². The Kier molecular flexibility index (Phi) is 5.70. The average Bonchev–Trinajstić information content (AvgIpc) is 3.24. The molecule has 12 heteroatoms. The van der Waals surface area contributed by atoms with Crippen LogP contribution in [0.15, 0.2) is 24.5 Å². The summed E-state index contributed by atoms with van der Waals surface area (Å²) in [7, 11) is 1.35. The third kappa shape index (κ3) is 4.70. The van der Waals surface area contributed by atoms with Crippen LogP contribution in [0, 0.1) is 0 Å². The number of hydrogen-bond acceptors (Lipinski definition) is 6. The molecule has 0 radical (unpaired) electrons. The predicted molar refractivity (Wildman–Crippen MR) is 95.6 cm³/mol. The minimum Gasteiger partial charge on any atom is -0.475 e. The normalized spacial score (nSPS) is 17.8. The van der Waals surface area contributed by atoms with Gasteiger partial charge >= 0.3 is 18.1 Å². The van der Waals surface area contributed by atoms with Crippen molar-refractivity contribution < 1.29 is 37.4 Å². The lowest BCUT2D eigenvalue weighted by molar-refractivity contribution is -0.192. The van der Waals surface area contributed by atoms with Crippen molar-refractivity contribution in [3.8, 4) is 0 Å². The Morgan fingerprint density at radius 1 is 1.37 bits per heavy atom. The third-order valence-corrected chi connectivity index (χ3v) is 4.80. The Morgan fingerprint density at radius 2 is 2.03 bits per heavy atom. The number of rotatable bonds is 3. The molecule has 1 saturated heterocycles. The molecule has 2 fully saturated rings. The third-order valence-electron chi connectivity index (χ3n) is 4.80. The first-order valence-corrected chi connectivity index (χ1v) is 8.91. The number of pyridine rings is 1. The van der Waals surface area contributed by atoms with Crippen LogP contribution < -0.4 is 5.32 Å². The standard InChI is InChI=1S/C16H18N4O3.C2HF3O2/c1-23-15(22)12-7-17-14-11(3-2-6-20(12)14)8-19-9-13(21)18-16(10-19)4-5-16;3-2(4,5)1(6)7/h2-3,6-7H,4-5,8-10H2,1H3,(H,18,21);(H,6,7). The largest absolute Gasteiger partial charge is 0.490 e. The number of aromatic nitrogens is 2. The smallest absolute Gasteiger partial charge is 0.475 e. The summed E-state index contributed by atoms with van der Waals surface area (Å²) in [5.74, 6) is -3.09. The van der Waals surface area contributed by atoms with Gasteiger partial charge < -0.3 is 15.2 Å². The van der Waals surface area contributed by atoms with E-state index in [1.807, 2.05) is 12.1 Å². The van der Waals surface area contributed by atoms with Crippen molar-refractivity contribution in [1.82, 2.24) is 19.6 Å². The monoisotopic (exact) mass is 428 g/mol. The molecule has 1 spiro atoms. The first-order valence-electron chi connectivity index (χ1n) is 8.91. The molecule has 2 aromatic rings. The molecular weight excluding hydrogens is 409 g/mol. The maximum absolute atomic E-state index is 11.9. The van der Waals surface area contributed by atoms with Crippen LogP contribution in [0.5, 0.6) is 0 Å². The summed E-state index contributed by atoms with van der Waals surface area (Å²) >= 11 is 0. The van der Waals surface area contributed by atoms with E-state index in [1.54, 1.807) is 10.6 Å². The Hall–Kier alpha value is -3.15. The molecule has 1 aliphatic heterocycles. The predicted octanol–water partition coefficient (Wildman–Crippen LogP) is 1.22. The molecule has 2 aliphatic rings. The number of aliphatic carboxylic acids is 1. The summed E-state index contributed by atoms with van der Waals surface area (Å²) in [4.78, 5) is 39.1. The molecule has 0 atom stereocenters. The zero-order chi connectivity index (χ0) is 22.1. The van der Waals surface area contributed by atoms with Crippen molar-refractivity contribution in [2.24, 2.45) is 0 Å². The highest BCUT2D eigenvalue weighted by Gasteiger charge is 2.48. The zero-order valence-corrected chi connectivity index (χ0v) is 15.9. The van der Waals surface area contributed by atoms with Crippen LogP contribution in [0.2, 0.25) is 0 Å². The number of nitrogens with zero attached hydrogens (tertiary/aromatic N) is 3. The number of methoxy groups -OCH3 is 1. The molecule has 0 unspecified atom stereocenters. The number of nitrogens with one attached hydrogen (secondary N) is 1. The minimum absolute atomic E-state index is 0.00695. The Morgan fingerprint density at radius 3 is 2.60 bits per heavy atom. The van der Waals surface area contributed by atoms with Gasteiger partial charge in [0.05, 0.1) is 25.4 Å². The molecule has 0 aromatic carbocycles. The topological polar surface area (TPSA) is 113 Å². The number of alkyl halides is 3. The molecule has 2 aromatic heterocycles. The molecule has 1 aliphatic carbocycles. The van der Waals surface area contributed by atoms with Crippen LogP contribution in [0.4, 0.5) is 13.2 Å². The van der Waals surface area contributed by atoms with Crippen LogP contribution in [-0.2, 0) is 20.9 Å². The van der Waals surface area contributed by atoms with Gasteiger partial charge in [-0.05, 0) is 18.9 Å². The lowest BCUT2D eigenvalue weighted by atomic mass is 10.1. The van der Waals surface area contributed by atoms with Crippen LogP contribution in [0.3, 0.4) is 0 Å². The maximum atomic E-state index is 11.9. The molecule has 4 rings (SSSR count). The fraction of sp³-hybridized carbons (Fsp3) is 0.444. The van der Waals surface area contributed by atoms with E-state index in [9.17, 15) is 22.8 Å². The lowest BCUT2D eigenvalue weighted by Crippen LogP contribution is -2.55. The van der Waals surface area contributed by atoms with Crippen LogP contribution in [0.25, 0.3) is 5.65 Å². The van der Waals surface area contributed by atoms with Crippen molar-refractivity contribution in [3.05, 3.63) is 35.8 Å². The van der Waals surface area contributed by atoms with E-state index in [2.05, 4.69) is 15.2 Å². The fourth-order valence-electron chi connectivity index (χ4n) is 3.30. The van der Waals surface area contributed by atoms with E-state index in [0.717, 1.165) is 30.6 Å². The summed E-state index contributed by atoms with van der Waals surface area (Å²) in [6.07, 6.45) is 0.337. The van der Waals surface area contributed by atoms with Crippen molar-refractivity contribution in [1.29, 1.82) is 0 Å². The van der Waals surface area contributed by atoms with E-state index < -0.39 is 18.1 Å². The number of carbonyl (C=O) groups is 3. The second-order valence-electron chi connectivity index (χ2n) is 7.14. The number of carboxylic acid groups (broad SMARTS) is 1. The second kappa shape index (κ2) is 7.94. The molecular formula is C18H19F3N4O5. The summed E-state index contributed by atoms with van der Waals surface area (Å²) in [6, 6.07) is 3.86.